The second-order valence-corrected chi connectivity index (χ2v) is 8.36. The fraction of sp³-hybridized carbons (Fsp3) is 0.304. The minimum atomic E-state index is 0.0268. The molecule has 6 nitrogen and oxygen atoms in total. The zero-order chi connectivity index (χ0) is 20.9. The Morgan fingerprint density at radius 1 is 1.13 bits per heavy atom. The number of benzene rings is 2. The van der Waals surface area contributed by atoms with E-state index in [0.29, 0.717) is 11.5 Å². The van der Waals surface area contributed by atoms with E-state index in [0.717, 1.165) is 48.8 Å². The minimum absolute atomic E-state index is 0.0268. The summed E-state index contributed by atoms with van der Waals surface area (Å²) in [6.07, 6.45) is 3.42. The highest BCUT2D eigenvalue weighted by Crippen LogP contribution is 2.31. The number of carbonyl (C=O) groups excluding carboxylic acids is 1. The van der Waals surface area contributed by atoms with E-state index in [1.807, 2.05) is 29.2 Å². The molecule has 2 heterocycles. The van der Waals surface area contributed by atoms with E-state index >= 15 is 0 Å². The van der Waals surface area contributed by atoms with Gasteiger partial charge in [-0.2, -0.15) is 0 Å². The summed E-state index contributed by atoms with van der Waals surface area (Å²) in [5.41, 5.74) is 1.90. The number of thiazole rings is 1. The predicted molar refractivity (Wildman–Crippen MR) is 119 cm³/mol. The quantitative estimate of drug-likeness (QED) is 0.617. The molecule has 0 unspecified atom stereocenters. The van der Waals surface area contributed by atoms with E-state index in [2.05, 4.69) is 18.2 Å². The molecule has 1 aliphatic heterocycles. The molecule has 1 aliphatic rings. The van der Waals surface area contributed by atoms with Crippen molar-refractivity contribution >= 4 is 33.5 Å². The highest BCUT2D eigenvalue weighted by atomic mass is 32.1. The van der Waals surface area contributed by atoms with Gasteiger partial charge in [-0.15, -0.1) is 11.3 Å². The molecule has 2 aromatic carbocycles. The van der Waals surface area contributed by atoms with Gasteiger partial charge in [0.1, 0.15) is 11.6 Å². The summed E-state index contributed by atoms with van der Waals surface area (Å²) in [6.45, 7) is 4.27. The number of piperazine rings is 1. The minimum Gasteiger partial charge on any atom is -0.493 e. The molecule has 0 saturated carbocycles. The van der Waals surface area contributed by atoms with Crippen molar-refractivity contribution in [3.63, 3.8) is 0 Å². The summed E-state index contributed by atoms with van der Waals surface area (Å²) in [5.74, 6) is 1.31. The first-order valence-electron chi connectivity index (χ1n) is 10.0. The van der Waals surface area contributed by atoms with Gasteiger partial charge in [0.15, 0.2) is 11.5 Å². The first kappa shape index (κ1) is 20.4. The number of amides is 1. The van der Waals surface area contributed by atoms with Crippen LogP contribution in [0.3, 0.4) is 0 Å². The molecule has 0 spiro atoms. The van der Waals surface area contributed by atoms with Crippen LogP contribution < -0.4 is 14.4 Å². The summed E-state index contributed by atoms with van der Waals surface area (Å²) in [6, 6.07) is 13.9. The number of para-hydroxylation sites is 2. The standard InChI is InChI=1S/C23H25N3O3S/c1-28-19-8-5-6-17(23(19)29-2)10-11-22(27)26-14-12-25(13-15-26)16-21-24-18-7-3-4-9-20(18)30-21/h3-11H,12-16H2,1-2H3/p+1/b11-10+. The summed E-state index contributed by atoms with van der Waals surface area (Å²) in [4.78, 5) is 20.8. The number of hydrogen-bond acceptors (Lipinski definition) is 5. The van der Waals surface area contributed by atoms with E-state index in [9.17, 15) is 4.79 Å². The molecular formula is C23H26N3O3S+. The molecule has 0 atom stereocenters. The van der Waals surface area contributed by atoms with Crippen molar-refractivity contribution in [2.45, 2.75) is 6.54 Å². The Balaban J connectivity index is 1.33. The Kier molecular flexibility index (Phi) is 6.30. The Morgan fingerprint density at radius 2 is 1.93 bits per heavy atom. The van der Waals surface area contributed by atoms with Crippen molar-refractivity contribution in [3.05, 3.63) is 59.1 Å². The SMILES string of the molecule is COc1cccc(/C=C/C(=O)N2CC[NH+](Cc3nc4ccccc4s3)CC2)c1OC. The molecule has 1 amide bonds. The lowest BCUT2D eigenvalue weighted by atomic mass is 10.1. The zero-order valence-corrected chi connectivity index (χ0v) is 18.1. The van der Waals surface area contributed by atoms with Crippen LogP contribution >= 0.6 is 11.3 Å². The smallest absolute Gasteiger partial charge is 0.246 e. The molecule has 3 aromatic rings. The van der Waals surface area contributed by atoms with E-state index in [1.54, 1.807) is 37.7 Å². The van der Waals surface area contributed by atoms with Crippen LogP contribution in [0.1, 0.15) is 10.6 Å². The van der Waals surface area contributed by atoms with E-state index in [4.69, 9.17) is 14.5 Å². The zero-order valence-electron chi connectivity index (χ0n) is 17.3. The number of fused-ring (bicyclic) bond motifs is 1. The molecule has 1 fully saturated rings. The first-order chi connectivity index (χ1) is 14.7. The van der Waals surface area contributed by atoms with Crippen LogP contribution in [0.2, 0.25) is 0 Å². The van der Waals surface area contributed by atoms with Crippen LogP contribution in [0.5, 0.6) is 11.5 Å². The lowest BCUT2D eigenvalue weighted by molar-refractivity contribution is -0.917. The number of rotatable bonds is 6. The Morgan fingerprint density at radius 3 is 2.67 bits per heavy atom. The monoisotopic (exact) mass is 424 g/mol. The second kappa shape index (κ2) is 9.28. The summed E-state index contributed by atoms with van der Waals surface area (Å²) < 4.78 is 12.0. The van der Waals surface area contributed by atoms with Crippen molar-refractivity contribution in [3.8, 4) is 11.5 Å². The third-order valence-electron chi connectivity index (χ3n) is 5.36. The maximum atomic E-state index is 12.7. The fourth-order valence-corrected chi connectivity index (χ4v) is 4.78. The van der Waals surface area contributed by atoms with Crippen LogP contribution in [0.15, 0.2) is 48.5 Å². The van der Waals surface area contributed by atoms with Gasteiger partial charge in [0.25, 0.3) is 0 Å². The van der Waals surface area contributed by atoms with Crippen LogP contribution in [0.25, 0.3) is 16.3 Å². The molecular weight excluding hydrogens is 398 g/mol. The Bertz CT molecular complexity index is 1020. The number of nitrogens with one attached hydrogen (secondary N) is 1. The molecule has 7 heteroatoms. The maximum absolute atomic E-state index is 12.7. The molecule has 1 N–H and O–H groups in total. The number of carbonyl (C=O) groups is 1. The lowest BCUT2D eigenvalue weighted by Gasteiger charge is -2.31. The van der Waals surface area contributed by atoms with Gasteiger partial charge in [-0.25, -0.2) is 4.98 Å². The van der Waals surface area contributed by atoms with Gasteiger partial charge in [-0.1, -0.05) is 24.3 Å². The number of quaternary nitrogens is 1. The first-order valence-corrected chi connectivity index (χ1v) is 10.9. The number of aromatic nitrogens is 1. The van der Waals surface area contributed by atoms with Crippen molar-refractivity contribution in [1.82, 2.24) is 9.88 Å². The Hall–Kier alpha value is -2.90. The highest BCUT2D eigenvalue weighted by molar-refractivity contribution is 7.18. The Labute approximate surface area is 180 Å². The summed E-state index contributed by atoms with van der Waals surface area (Å²) in [5, 5.41) is 1.16. The molecule has 1 saturated heterocycles. The van der Waals surface area contributed by atoms with E-state index in [1.165, 1.54) is 9.60 Å². The third-order valence-corrected chi connectivity index (χ3v) is 6.40. The van der Waals surface area contributed by atoms with Gasteiger partial charge in [0.2, 0.25) is 5.91 Å². The van der Waals surface area contributed by atoms with Gasteiger partial charge in [-0.3, -0.25) is 4.79 Å². The average Bonchev–Trinajstić information content (AvgIpc) is 3.19. The average molecular weight is 425 g/mol. The topological polar surface area (TPSA) is 56.1 Å². The lowest BCUT2D eigenvalue weighted by Crippen LogP contribution is -3.13. The fourth-order valence-electron chi connectivity index (χ4n) is 3.74. The molecule has 0 aliphatic carbocycles. The van der Waals surface area contributed by atoms with E-state index in [-0.39, 0.29) is 5.91 Å². The predicted octanol–water partition coefficient (Wildman–Crippen LogP) is 2.25. The van der Waals surface area contributed by atoms with Gasteiger partial charge in [-0.05, 0) is 24.3 Å². The number of nitrogens with zero attached hydrogens (tertiary/aromatic N) is 2. The molecule has 0 radical (unpaired) electrons. The molecule has 30 heavy (non-hydrogen) atoms. The van der Waals surface area contributed by atoms with Crippen molar-refractivity contribution in [2.75, 3.05) is 40.4 Å². The van der Waals surface area contributed by atoms with Gasteiger partial charge in [0.05, 0.1) is 50.6 Å². The molecule has 0 bridgehead atoms. The van der Waals surface area contributed by atoms with Crippen molar-refractivity contribution in [1.29, 1.82) is 0 Å². The largest absolute Gasteiger partial charge is 0.493 e. The number of hydrogen-bond donors (Lipinski definition) is 1. The molecule has 4 rings (SSSR count). The summed E-state index contributed by atoms with van der Waals surface area (Å²) >= 11 is 1.76. The van der Waals surface area contributed by atoms with Gasteiger partial charge in [0, 0.05) is 11.6 Å². The number of ether oxygens (including phenoxy) is 2. The van der Waals surface area contributed by atoms with Crippen LogP contribution in [-0.2, 0) is 11.3 Å². The summed E-state index contributed by atoms with van der Waals surface area (Å²) in [7, 11) is 3.21. The van der Waals surface area contributed by atoms with E-state index < -0.39 is 0 Å². The number of methoxy groups -OCH3 is 2. The van der Waals surface area contributed by atoms with Crippen LogP contribution in [0, 0.1) is 0 Å². The molecule has 156 valence electrons. The second-order valence-electron chi connectivity index (χ2n) is 7.24. The van der Waals surface area contributed by atoms with Crippen LogP contribution in [-0.4, -0.2) is 56.2 Å². The third kappa shape index (κ3) is 4.47. The van der Waals surface area contributed by atoms with Crippen LogP contribution in [0.4, 0.5) is 0 Å². The van der Waals surface area contributed by atoms with Gasteiger partial charge < -0.3 is 19.3 Å². The van der Waals surface area contributed by atoms with Crippen molar-refractivity contribution in [2.24, 2.45) is 0 Å². The van der Waals surface area contributed by atoms with Gasteiger partial charge >= 0.3 is 0 Å². The maximum Gasteiger partial charge on any atom is 0.246 e. The highest BCUT2D eigenvalue weighted by Gasteiger charge is 2.23. The van der Waals surface area contributed by atoms with Crippen molar-refractivity contribution < 1.29 is 19.2 Å². The normalized spacial score (nSPS) is 15.1. The molecule has 1 aromatic heterocycles.